The van der Waals surface area contributed by atoms with E-state index in [1.165, 1.54) is 24.3 Å². The van der Waals surface area contributed by atoms with Gasteiger partial charge in [0.15, 0.2) is 0 Å². The van der Waals surface area contributed by atoms with Crippen molar-refractivity contribution in [1.29, 1.82) is 0 Å². The lowest BCUT2D eigenvalue weighted by atomic mass is 10.1. The minimum absolute atomic E-state index is 0.183. The predicted octanol–water partition coefficient (Wildman–Crippen LogP) is 4.69. The Morgan fingerprint density at radius 3 is 2.33 bits per heavy atom. The monoisotopic (exact) mass is 447 g/mol. The van der Waals surface area contributed by atoms with Gasteiger partial charge in [0, 0.05) is 18.3 Å². The maximum absolute atomic E-state index is 13.1. The molecule has 4 rings (SSSR count). The largest absolute Gasteiger partial charge is 0.497 e. The van der Waals surface area contributed by atoms with E-state index in [0.717, 1.165) is 24.2 Å². The van der Waals surface area contributed by atoms with Crippen LogP contribution >= 0.6 is 0 Å². The van der Waals surface area contributed by atoms with E-state index in [1.807, 2.05) is 24.3 Å². The Kier molecular flexibility index (Phi) is 7.00. The highest BCUT2D eigenvalue weighted by Gasteiger charge is 2.30. The van der Waals surface area contributed by atoms with Crippen molar-refractivity contribution in [2.45, 2.75) is 25.4 Å². The number of hydrogen-bond acceptors (Lipinski definition) is 4. The van der Waals surface area contributed by atoms with Gasteiger partial charge < -0.3 is 15.4 Å². The third kappa shape index (κ3) is 6.17. The van der Waals surface area contributed by atoms with Gasteiger partial charge in [-0.1, -0.05) is 24.3 Å². The van der Waals surface area contributed by atoms with Crippen LogP contribution in [0.3, 0.4) is 0 Å². The highest BCUT2D eigenvalue weighted by atomic mass is 19.1. The molecular formula is C26H26FN3O3. The van der Waals surface area contributed by atoms with Gasteiger partial charge in [0.2, 0.25) is 5.91 Å². The van der Waals surface area contributed by atoms with Gasteiger partial charge in [-0.15, -0.1) is 0 Å². The van der Waals surface area contributed by atoms with Crippen LogP contribution in [0.1, 0.15) is 28.8 Å². The third-order valence-corrected chi connectivity index (χ3v) is 5.50. The fourth-order valence-electron chi connectivity index (χ4n) is 3.62. The predicted molar refractivity (Wildman–Crippen MR) is 126 cm³/mol. The van der Waals surface area contributed by atoms with Gasteiger partial charge in [-0.05, 0) is 66.9 Å². The normalized spacial score (nSPS) is 12.9. The summed E-state index contributed by atoms with van der Waals surface area (Å²) in [5.41, 5.74) is 2.35. The number of carbonyl (C=O) groups is 2. The molecule has 0 aromatic heterocycles. The van der Waals surface area contributed by atoms with Crippen molar-refractivity contribution >= 4 is 23.2 Å². The molecule has 3 aromatic carbocycles. The lowest BCUT2D eigenvalue weighted by Crippen LogP contribution is -2.34. The first-order chi connectivity index (χ1) is 16.0. The quantitative estimate of drug-likeness (QED) is 0.499. The van der Waals surface area contributed by atoms with Crippen molar-refractivity contribution < 1.29 is 18.7 Å². The van der Waals surface area contributed by atoms with Gasteiger partial charge in [-0.3, -0.25) is 14.5 Å². The molecule has 0 saturated heterocycles. The summed E-state index contributed by atoms with van der Waals surface area (Å²) in [6.45, 7) is 0.888. The van der Waals surface area contributed by atoms with Crippen molar-refractivity contribution in [3.63, 3.8) is 0 Å². The average molecular weight is 448 g/mol. The van der Waals surface area contributed by atoms with Crippen molar-refractivity contribution in [2.24, 2.45) is 0 Å². The van der Waals surface area contributed by atoms with Crippen LogP contribution in [0.25, 0.3) is 0 Å². The smallest absolute Gasteiger partial charge is 0.257 e. The van der Waals surface area contributed by atoms with Crippen LogP contribution in [0.15, 0.2) is 72.8 Å². The molecule has 0 heterocycles. The number of carbonyl (C=O) groups excluding carboxylic acids is 2. The van der Waals surface area contributed by atoms with Crippen LogP contribution in [-0.2, 0) is 11.3 Å². The van der Waals surface area contributed by atoms with E-state index in [0.29, 0.717) is 29.5 Å². The Morgan fingerprint density at radius 2 is 1.67 bits per heavy atom. The summed E-state index contributed by atoms with van der Waals surface area (Å²) in [5, 5.41) is 5.61. The molecule has 0 atom stereocenters. The van der Waals surface area contributed by atoms with Gasteiger partial charge >= 0.3 is 0 Å². The van der Waals surface area contributed by atoms with Crippen LogP contribution in [0.5, 0.6) is 5.75 Å². The van der Waals surface area contributed by atoms with Crippen LogP contribution in [0.4, 0.5) is 15.8 Å². The van der Waals surface area contributed by atoms with Crippen molar-refractivity contribution in [1.82, 2.24) is 4.90 Å². The molecule has 2 amide bonds. The molecule has 3 aromatic rings. The summed E-state index contributed by atoms with van der Waals surface area (Å²) >= 11 is 0. The summed E-state index contributed by atoms with van der Waals surface area (Å²) in [4.78, 5) is 27.8. The number of para-hydroxylation sites is 1. The van der Waals surface area contributed by atoms with E-state index >= 15 is 0 Å². The van der Waals surface area contributed by atoms with E-state index < -0.39 is 0 Å². The molecule has 0 aliphatic heterocycles. The van der Waals surface area contributed by atoms with Gasteiger partial charge in [-0.25, -0.2) is 4.39 Å². The van der Waals surface area contributed by atoms with E-state index in [2.05, 4.69) is 15.5 Å². The number of amides is 2. The number of ether oxygens (including phenoxy) is 1. The minimum Gasteiger partial charge on any atom is -0.497 e. The topological polar surface area (TPSA) is 70.7 Å². The fourth-order valence-corrected chi connectivity index (χ4v) is 3.62. The number of halogens is 1. The summed E-state index contributed by atoms with van der Waals surface area (Å²) < 4.78 is 18.3. The minimum atomic E-state index is -0.380. The lowest BCUT2D eigenvalue weighted by molar-refractivity contribution is -0.117. The molecular weight excluding hydrogens is 421 g/mol. The van der Waals surface area contributed by atoms with Gasteiger partial charge in [0.1, 0.15) is 11.6 Å². The molecule has 0 bridgehead atoms. The summed E-state index contributed by atoms with van der Waals surface area (Å²) in [6.07, 6.45) is 2.14. The Balaban J connectivity index is 1.41. The highest BCUT2D eigenvalue weighted by Crippen LogP contribution is 2.28. The number of nitrogens with zero attached hydrogens (tertiary/aromatic N) is 1. The summed E-state index contributed by atoms with van der Waals surface area (Å²) in [5.74, 6) is -0.146. The van der Waals surface area contributed by atoms with Gasteiger partial charge in [-0.2, -0.15) is 0 Å². The van der Waals surface area contributed by atoms with Gasteiger partial charge in [0.05, 0.1) is 24.9 Å². The number of benzene rings is 3. The molecule has 1 saturated carbocycles. The Hall–Kier alpha value is -3.71. The van der Waals surface area contributed by atoms with E-state index in [-0.39, 0.29) is 24.2 Å². The molecule has 1 fully saturated rings. The zero-order chi connectivity index (χ0) is 23.2. The van der Waals surface area contributed by atoms with E-state index in [9.17, 15) is 14.0 Å². The molecule has 0 spiro atoms. The molecule has 0 unspecified atom stereocenters. The second-order valence-corrected chi connectivity index (χ2v) is 8.04. The summed E-state index contributed by atoms with van der Waals surface area (Å²) in [7, 11) is 1.63. The standard InChI is InChI=1S/C26H26FN3O3/c1-33-22-14-6-18(7-15-22)16-30(21-12-13-21)17-25(31)29-24-5-3-2-4-23(24)26(32)28-20-10-8-19(27)9-11-20/h2-11,14-15,21H,12-13,16-17H2,1H3,(H,28,32)(H,29,31). The molecule has 2 N–H and O–H groups in total. The van der Waals surface area contributed by atoms with E-state index in [4.69, 9.17) is 4.74 Å². The first-order valence-corrected chi connectivity index (χ1v) is 10.8. The second kappa shape index (κ2) is 10.3. The Labute approximate surface area is 192 Å². The Morgan fingerprint density at radius 1 is 0.970 bits per heavy atom. The first kappa shape index (κ1) is 22.5. The average Bonchev–Trinajstić information content (AvgIpc) is 3.66. The number of rotatable bonds is 9. The molecule has 1 aliphatic rings. The third-order valence-electron chi connectivity index (χ3n) is 5.50. The van der Waals surface area contributed by atoms with Crippen LogP contribution in [0, 0.1) is 5.82 Å². The zero-order valence-electron chi connectivity index (χ0n) is 18.4. The molecule has 0 radical (unpaired) electrons. The maximum atomic E-state index is 13.1. The molecule has 170 valence electrons. The highest BCUT2D eigenvalue weighted by molar-refractivity contribution is 6.10. The van der Waals surface area contributed by atoms with Crippen LogP contribution in [0.2, 0.25) is 0 Å². The van der Waals surface area contributed by atoms with E-state index in [1.54, 1.807) is 31.4 Å². The molecule has 6 nitrogen and oxygen atoms in total. The number of methoxy groups -OCH3 is 1. The number of anilines is 2. The van der Waals surface area contributed by atoms with Gasteiger partial charge in [0.25, 0.3) is 5.91 Å². The van der Waals surface area contributed by atoms with Crippen molar-refractivity contribution in [2.75, 3.05) is 24.3 Å². The maximum Gasteiger partial charge on any atom is 0.257 e. The van der Waals surface area contributed by atoms with Crippen molar-refractivity contribution in [3.05, 3.63) is 89.7 Å². The first-order valence-electron chi connectivity index (χ1n) is 10.8. The lowest BCUT2D eigenvalue weighted by Gasteiger charge is -2.22. The second-order valence-electron chi connectivity index (χ2n) is 8.04. The number of nitrogens with one attached hydrogen (secondary N) is 2. The summed E-state index contributed by atoms with van der Waals surface area (Å²) in [6, 6.07) is 20.6. The fraction of sp³-hybridized carbons (Fsp3) is 0.231. The molecule has 1 aliphatic carbocycles. The van der Waals surface area contributed by atoms with Crippen molar-refractivity contribution in [3.8, 4) is 5.75 Å². The molecule has 33 heavy (non-hydrogen) atoms. The van der Waals surface area contributed by atoms with Crippen LogP contribution < -0.4 is 15.4 Å². The molecule has 7 heteroatoms. The SMILES string of the molecule is COc1ccc(CN(CC(=O)Nc2ccccc2C(=O)Nc2ccc(F)cc2)C2CC2)cc1. The number of hydrogen-bond donors (Lipinski definition) is 2. The van der Waals surface area contributed by atoms with Crippen LogP contribution in [-0.4, -0.2) is 36.4 Å². The Bertz CT molecular complexity index is 1110. The zero-order valence-corrected chi connectivity index (χ0v) is 18.4.